The summed E-state index contributed by atoms with van der Waals surface area (Å²) in [5.41, 5.74) is 6.53. The summed E-state index contributed by atoms with van der Waals surface area (Å²) in [5.74, 6) is 5.76. The first kappa shape index (κ1) is 16.6. The predicted octanol–water partition coefficient (Wildman–Crippen LogP) is 4.26. The number of thiazole rings is 1. The molecule has 1 aromatic carbocycles. The lowest BCUT2D eigenvalue weighted by molar-refractivity contribution is 0.539. The summed E-state index contributed by atoms with van der Waals surface area (Å²) in [6.07, 6.45) is 0.791. The van der Waals surface area contributed by atoms with E-state index in [0.29, 0.717) is 0 Å². The second-order valence-corrected chi connectivity index (χ2v) is 8.12. The molecule has 2 rings (SSSR count). The third kappa shape index (κ3) is 4.13. The van der Waals surface area contributed by atoms with Crippen molar-refractivity contribution >= 4 is 27.3 Å². The van der Waals surface area contributed by atoms with Gasteiger partial charge in [-0.2, -0.15) is 0 Å². The Labute approximate surface area is 139 Å². The van der Waals surface area contributed by atoms with Crippen LogP contribution in [0.2, 0.25) is 0 Å². The van der Waals surface area contributed by atoms with Gasteiger partial charge in [0, 0.05) is 21.7 Å². The summed E-state index contributed by atoms with van der Waals surface area (Å²) >= 11 is 5.33. The minimum atomic E-state index is 0.0546. The van der Waals surface area contributed by atoms with Crippen molar-refractivity contribution in [2.75, 3.05) is 0 Å². The van der Waals surface area contributed by atoms with E-state index in [0.717, 1.165) is 27.2 Å². The van der Waals surface area contributed by atoms with Crippen molar-refractivity contribution in [2.45, 2.75) is 45.6 Å². The number of hydrazine groups is 1. The Kier molecular flexibility index (Phi) is 5.20. The van der Waals surface area contributed by atoms with Gasteiger partial charge in [-0.25, -0.2) is 4.98 Å². The molecule has 21 heavy (non-hydrogen) atoms. The van der Waals surface area contributed by atoms with Gasteiger partial charge in [0.2, 0.25) is 0 Å². The standard InChI is InChI=1S/C16H22BrN3S/c1-10-5-6-11(12(17)7-10)13(20-18)8-15-19-14(9-21-15)16(2,3)4/h5-7,9,13,20H,8,18H2,1-4H3. The largest absolute Gasteiger partial charge is 0.271 e. The van der Waals surface area contributed by atoms with Crippen molar-refractivity contribution in [1.29, 1.82) is 0 Å². The minimum Gasteiger partial charge on any atom is -0.271 e. The maximum absolute atomic E-state index is 5.76. The molecule has 0 spiro atoms. The lowest BCUT2D eigenvalue weighted by atomic mass is 9.93. The quantitative estimate of drug-likeness (QED) is 0.626. The van der Waals surface area contributed by atoms with Crippen molar-refractivity contribution < 1.29 is 0 Å². The van der Waals surface area contributed by atoms with Crippen LogP contribution in [-0.4, -0.2) is 4.98 Å². The van der Waals surface area contributed by atoms with Crippen LogP contribution in [0.25, 0.3) is 0 Å². The first-order valence-electron chi connectivity index (χ1n) is 6.98. The average Bonchev–Trinajstić information content (AvgIpc) is 2.85. The molecular formula is C16H22BrN3S. The molecule has 5 heteroatoms. The molecular weight excluding hydrogens is 346 g/mol. The third-order valence-corrected chi connectivity index (χ3v) is 4.99. The molecule has 1 atom stereocenters. The second-order valence-electron chi connectivity index (χ2n) is 6.32. The third-order valence-electron chi connectivity index (χ3n) is 3.43. The van der Waals surface area contributed by atoms with E-state index in [9.17, 15) is 0 Å². The highest BCUT2D eigenvalue weighted by molar-refractivity contribution is 9.10. The molecule has 0 fully saturated rings. The molecule has 0 aliphatic rings. The molecule has 0 aliphatic heterocycles. The number of benzene rings is 1. The van der Waals surface area contributed by atoms with Gasteiger partial charge in [0.15, 0.2) is 0 Å². The molecule has 0 bridgehead atoms. The van der Waals surface area contributed by atoms with Crippen LogP contribution in [0.4, 0.5) is 0 Å². The summed E-state index contributed by atoms with van der Waals surface area (Å²) in [5, 5.41) is 3.25. The van der Waals surface area contributed by atoms with Gasteiger partial charge in [-0.15, -0.1) is 11.3 Å². The Morgan fingerprint density at radius 2 is 2.10 bits per heavy atom. The number of rotatable bonds is 4. The Balaban J connectivity index is 2.21. The van der Waals surface area contributed by atoms with E-state index in [1.54, 1.807) is 11.3 Å². The number of nitrogens with two attached hydrogens (primary N) is 1. The van der Waals surface area contributed by atoms with Crippen LogP contribution in [0.1, 0.15) is 48.6 Å². The summed E-state index contributed by atoms with van der Waals surface area (Å²) in [6.45, 7) is 8.62. The maximum Gasteiger partial charge on any atom is 0.0948 e. The van der Waals surface area contributed by atoms with E-state index in [1.165, 1.54) is 5.56 Å². The number of halogens is 1. The lowest BCUT2D eigenvalue weighted by Gasteiger charge is -2.17. The number of hydrogen-bond acceptors (Lipinski definition) is 4. The van der Waals surface area contributed by atoms with Crippen molar-refractivity contribution in [2.24, 2.45) is 5.84 Å². The van der Waals surface area contributed by atoms with Crippen LogP contribution in [0, 0.1) is 6.92 Å². The van der Waals surface area contributed by atoms with Crippen LogP contribution in [0.3, 0.4) is 0 Å². The number of nitrogens with one attached hydrogen (secondary N) is 1. The van der Waals surface area contributed by atoms with Crippen LogP contribution >= 0.6 is 27.3 Å². The van der Waals surface area contributed by atoms with Crippen molar-refractivity contribution in [3.63, 3.8) is 0 Å². The first-order chi connectivity index (χ1) is 9.81. The van der Waals surface area contributed by atoms with Gasteiger partial charge >= 0.3 is 0 Å². The monoisotopic (exact) mass is 367 g/mol. The molecule has 114 valence electrons. The molecule has 2 aromatic rings. The zero-order chi connectivity index (χ0) is 15.6. The highest BCUT2D eigenvalue weighted by atomic mass is 79.9. The van der Waals surface area contributed by atoms with Gasteiger partial charge in [0.05, 0.1) is 16.7 Å². The van der Waals surface area contributed by atoms with E-state index in [1.807, 2.05) is 0 Å². The van der Waals surface area contributed by atoms with Crippen LogP contribution < -0.4 is 11.3 Å². The molecule has 0 saturated carbocycles. The topological polar surface area (TPSA) is 50.9 Å². The van der Waals surface area contributed by atoms with Gasteiger partial charge in [0.1, 0.15) is 0 Å². The molecule has 3 N–H and O–H groups in total. The molecule has 0 amide bonds. The van der Waals surface area contributed by atoms with E-state index in [2.05, 4.69) is 72.6 Å². The number of aryl methyl sites for hydroxylation is 1. The highest BCUT2D eigenvalue weighted by Crippen LogP contribution is 2.29. The first-order valence-corrected chi connectivity index (χ1v) is 8.65. The number of nitrogens with zero attached hydrogens (tertiary/aromatic N) is 1. The fraction of sp³-hybridized carbons (Fsp3) is 0.438. The zero-order valence-corrected chi connectivity index (χ0v) is 15.3. The summed E-state index contributed by atoms with van der Waals surface area (Å²) < 4.78 is 1.08. The van der Waals surface area contributed by atoms with E-state index < -0.39 is 0 Å². The second kappa shape index (κ2) is 6.57. The van der Waals surface area contributed by atoms with Gasteiger partial charge in [-0.05, 0) is 24.1 Å². The Bertz CT molecular complexity index is 616. The smallest absolute Gasteiger partial charge is 0.0948 e. The Hall–Kier alpha value is -0.750. The Morgan fingerprint density at radius 3 is 2.62 bits per heavy atom. The summed E-state index contributed by atoms with van der Waals surface area (Å²) in [6, 6.07) is 6.39. The molecule has 1 aromatic heterocycles. The fourth-order valence-corrected chi connectivity index (χ4v) is 3.93. The molecule has 0 radical (unpaired) electrons. The average molecular weight is 368 g/mol. The number of hydrogen-bond donors (Lipinski definition) is 2. The van der Waals surface area contributed by atoms with Crippen LogP contribution in [0.5, 0.6) is 0 Å². The van der Waals surface area contributed by atoms with E-state index in [-0.39, 0.29) is 11.5 Å². The highest BCUT2D eigenvalue weighted by Gasteiger charge is 2.20. The van der Waals surface area contributed by atoms with Gasteiger partial charge in [-0.3, -0.25) is 11.3 Å². The molecule has 0 aliphatic carbocycles. The molecule has 0 saturated heterocycles. The van der Waals surface area contributed by atoms with Gasteiger partial charge < -0.3 is 0 Å². The van der Waals surface area contributed by atoms with E-state index >= 15 is 0 Å². The van der Waals surface area contributed by atoms with Crippen molar-refractivity contribution in [1.82, 2.24) is 10.4 Å². The van der Waals surface area contributed by atoms with Gasteiger partial charge in [0.25, 0.3) is 0 Å². The van der Waals surface area contributed by atoms with Crippen LogP contribution in [-0.2, 0) is 11.8 Å². The number of aromatic nitrogens is 1. The lowest BCUT2D eigenvalue weighted by Crippen LogP contribution is -2.30. The summed E-state index contributed by atoms with van der Waals surface area (Å²) in [7, 11) is 0. The fourth-order valence-electron chi connectivity index (χ4n) is 2.10. The van der Waals surface area contributed by atoms with E-state index in [4.69, 9.17) is 10.8 Å². The minimum absolute atomic E-state index is 0.0546. The molecule has 1 unspecified atom stereocenters. The van der Waals surface area contributed by atoms with Crippen molar-refractivity contribution in [3.05, 3.63) is 49.9 Å². The zero-order valence-electron chi connectivity index (χ0n) is 12.9. The molecule has 1 heterocycles. The predicted molar refractivity (Wildman–Crippen MR) is 93.5 cm³/mol. The van der Waals surface area contributed by atoms with Gasteiger partial charge in [-0.1, -0.05) is 48.8 Å². The maximum atomic E-state index is 5.76. The summed E-state index contributed by atoms with van der Waals surface area (Å²) in [4.78, 5) is 4.75. The van der Waals surface area contributed by atoms with Crippen molar-refractivity contribution in [3.8, 4) is 0 Å². The Morgan fingerprint density at radius 1 is 1.38 bits per heavy atom. The van der Waals surface area contributed by atoms with Crippen LogP contribution in [0.15, 0.2) is 28.1 Å². The normalized spacial score (nSPS) is 13.4. The SMILES string of the molecule is Cc1ccc(C(Cc2nc(C(C)(C)C)cs2)NN)c(Br)c1. The molecule has 3 nitrogen and oxygen atoms in total.